The van der Waals surface area contributed by atoms with Gasteiger partial charge in [-0.25, -0.2) is 0 Å². The van der Waals surface area contributed by atoms with Gasteiger partial charge in [0.1, 0.15) is 54.9 Å². The number of hydrogen-bond donors (Lipinski definition) is 8. The summed E-state index contributed by atoms with van der Waals surface area (Å²) in [7, 11) is 0. The van der Waals surface area contributed by atoms with E-state index >= 15 is 0 Å². The zero-order valence-corrected chi connectivity index (χ0v) is 36.5. The van der Waals surface area contributed by atoms with Gasteiger partial charge in [-0.15, -0.1) is 0 Å². The first-order valence-corrected chi connectivity index (χ1v) is 23.6. The van der Waals surface area contributed by atoms with Crippen LogP contribution in [0.25, 0.3) is 0 Å². The lowest BCUT2D eigenvalue weighted by Crippen LogP contribution is -2.65. The molecule has 0 aromatic carbocycles. The summed E-state index contributed by atoms with van der Waals surface area (Å²) < 4.78 is 49.8. The van der Waals surface area contributed by atoms with Crippen molar-refractivity contribution in [2.24, 2.45) is 52.3 Å². The highest BCUT2D eigenvalue weighted by Crippen LogP contribution is 2.71. The first-order chi connectivity index (χ1) is 29.0. The fraction of sp³-hybridized carbons (Fsp3) is 1.00. The molecule has 5 aliphatic heterocycles. The molecule has 5 heterocycles. The van der Waals surface area contributed by atoms with Crippen LogP contribution in [0.1, 0.15) is 105 Å². The number of aliphatic hydroxyl groups is 8. The molecule has 61 heavy (non-hydrogen) atoms. The normalized spacial score (nSPS) is 58.5. The Morgan fingerprint density at radius 1 is 0.623 bits per heavy atom. The van der Waals surface area contributed by atoms with Gasteiger partial charge in [-0.3, -0.25) is 0 Å². The second-order valence-corrected chi connectivity index (χ2v) is 21.4. The van der Waals surface area contributed by atoms with E-state index in [0.717, 1.165) is 45.1 Å². The van der Waals surface area contributed by atoms with Gasteiger partial charge in [0, 0.05) is 18.8 Å². The third-order valence-corrected chi connectivity index (χ3v) is 18.1. The molecule has 5 saturated heterocycles. The van der Waals surface area contributed by atoms with Crippen LogP contribution in [0.3, 0.4) is 0 Å². The Kier molecular flexibility index (Phi) is 12.8. The molecule has 4 saturated carbocycles. The van der Waals surface area contributed by atoms with E-state index in [1.165, 1.54) is 32.6 Å². The number of ether oxygens (including phenoxy) is 8. The van der Waals surface area contributed by atoms with E-state index in [2.05, 4.69) is 27.7 Å². The van der Waals surface area contributed by atoms with Crippen LogP contribution in [0, 0.1) is 52.3 Å². The predicted molar refractivity (Wildman–Crippen MR) is 213 cm³/mol. The molecule has 16 heteroatoms. The summed E-state index contributed by atoms with van der Waals surface area (Å²) in [6.07, 6.45) is -8.02. The van der Waals surface area contributed by atoms with Crippen molar-refractivity contribution in [1.82, 2.24) is 0 Å². The molecule has 0 radical (unpaired) electrons. The van der Waals surface area contributed by atoms with Crippen LogP contribution in [-0.2, 0) is 37.9 Å². The van der Waals surface area contributed by atoms with E-state index in [1.807, 2.05) is 0 Å². The highest BCUT2D eigenvalue weighted by molar-refractivity contribution is 5.15. The van der Waals surface area contributed by atoms with Gasteiger partial charge < -0.3 is 78.7 Å². The minimum Gasteiger partial charge on any atom is -0.394 e. The zero-order valence-electron chi connectivity index (χ0n) is 36.5. The van der Waals surface area contributed by atoms with E-state index < -0.39 is 105 Å². The van der Waals surface area contributed by atoms with Gasteiger partial charge in [0.25, 0.3) is 0 Å². The second-order valence-electron chi connectivity index (χ2n) is 21.4. The van der Waals surface area contributed by atoms with Crippen LogP contribution in [0.15, 0.2) is 0 Å². The summed E-state index contributed by atoms with van der Waals surface area (Å²) in [6.45, 7) is 10.9. The number of fused-ring (bicyclic) bond motifs is 7. The van der Waals surface area contributed by atoms with Crippen molar-refractivity contribution in [2.45, 2.75) is 209 Å². The Hall–Kier alpha value is -0.640. The molecule has 9 rings (SSSR count). The van der Waals surface area contributed by atoms with E-state index in [1.54, 1.807) is 0 Å². The Morgan fingerprint density at radius 3 is 2.08 bits per heavy atom. The van der Waals surface area contributed by atoms with Crippen molar-refractivity contribution in [2.75, 3.05) is 19.8 Å². The minimum atomic E-state index is -1.79. The van der Waals surface area contributed by atoms with Crippen molar-refractivity contribution in [1.29, 1.82) is 0 Å². The molecular weight excluding hydrogens is 796 g/mol. The number of rotatable bonds is 8. The summed E-state index contributed by atoms with van der Waals surface area (Å²) in [5.74, 6) is 3.70. The van der Waals surface area contributed by atoms with Gasteiger partial charge in [0.05, 0.1) is 44.2 Å². The maximum atomic E-state index is 11.5. The highest BCUT2D eigenvalue weighted by Gasteiger charge is 2.69. The van der Waals surface area contributed by atoms with Crippen LogP contribution in [-0.4, -0.2) is 165 Å². The van der Waals surface area contributed by atoms with E-state index in [9.17, 15) is 40.9 Å². The molecular formula is C45H74O16. The molecule has 0 amide bonds. The molecule has 350 valence electrons. The third kappa shape index (κ3) is 7.69. The lowest BCUT2D eigenvalue weighted by molar-refractivity contribution is -0.381. The molecule has 9 fully saturated rings. The van der Waals surface area contributed by atoms with Crippen molar-refractivity contribution >= 4 is 0 Å². The van der Waals surface area contributed by atoms with Crippen LogP contribution in [0.2, 0.25) is 0 Å². The smallest absolute Gasteiger partial charge is 0.187 e. The van der Waals surface area contributed by atoms with E-state index in [4.69, 9.17) is 37.9 Å². The Labute approximate surface area is 359 Å². The summed E-state index contributed by atoms with van der Waals surface area (Å²) in [5, 5.41) is 84.5. The third-order valence-electron chi connectivity index (χ3n) is 18.1. The molecule has 0 aromatic heterocycles. The van der Waals surface area contributed by atoms with Gasteiger partial charge in [0.2, 0.25) is 0 Å². The molecule has 0 aromatic rings. The van der Waals surface area contributed by atoms with Gasteiger partial charge in [-0.2, -0.15) is 0 Å². The molecule has 1 spiro atoms. The SMILES string of the molecule is CC1CCC2(OC1)OC1CC3C4CCC5CC(O[C@H]6C[C@H](O)[C@H](O[C@@H]7O[C@H](C)[C@@H](O)[C@@H](O)[C@H]7O[C@@H]7O[C@H](CO)[C@@H](O)[C@H](O)[C@H]7O)[C@@H](CO)O6)CCC5(C)C4CCC3(C)C1C2C. The molecule has 12 unspecified atom stereocenters. The highest BCUT2D eigenvalue weighted by atomic mass is 16.8. The zero-order chi connectivity index (χ0) is 43.3. The monoisotopic (exact) mass is 870 g/mol. The Balaban J connectivity index is 0.813. The topological polar surface area (TPSA) is 236 Å². The van der Waals surface area contributed by atoms with Crippen LogP contribution in [0.4, 0.5) is 0 Å². The molecule has 9 aliphatic rings. The average molecular weight is 871 g/mol. The Bertz CT molecular complexity index is 1510. The van der Waals surface area contributed by atoms with Crippen LogP contribution >= 0.6 is 0 Å². The summed E-state index contributed by atoms with van der Waals surface area (Å²) in [5.41, 5.74) is 0.496. The Morgan fingerprint density at radius 2 is 1.36 bits per heavy atom. The lowest BCUT2D eigenvalue weighted by Gasteiger charge is -2.61. The molecule has 8 N–H and O–H groups in total. The largest absolute Gasteiger partial charge is 0.394 e. The summed E-state index contributed by atoms with van der Waals surface area (Å²) in [6, 6.07) is 0. The summed E-state index contributed by atoms with van der Waals surface area (Å²) in [4.78, 5) is 0. The minimum absolute atomic E-state index is 0.0461. The van der Waals surface area contributed by atoms with Crippen molar-refractivity contribution in [3.05, 3.63) is 0 Å². The first-order valence-electron chi connectivity index (χ1n) is 23.6. The maximum Gasteiger partial charge on any atom is 0.187 e. The lowest BCUT2D eigenvalue weighted by atomic mass is 9.44. The van der Waals surface area contributed by atoms with E-state index in [0.29, 0.717) is 41.4 Å². The standard InChI is InChI=1S/C45H74O16/c1-20-8-13-45(54-19-20)21(2)33-29(61-45)15-27-25-7-6-23-14-24(9-11-43(23,4)26(25)10-12-44(27,33)5)56-32-16-28(48)39(31(18-47)57-32)59-42-40(37(52)34(49)22(3)55-42)60-41-38(53)36(51)35(50)30(17-46)58-41/h20-42,46-53H,6-19H2,1-5H3/t20?,21?,22-,23?,24?,25?,26?,27?,28+,29?,30-,31-,32-,33?,34-,35-,36+,37-,38-,39+,40-,41+,42+,43?,44?,45?/m1/s1. The first kappa shape index (κ1) is 45.5. The van der Waals surface area contributed by atoms with Crippen LogP contribution < -0.4 is 0 Å². The van der Waals surface area contributed by atoms with Gasteiger partial charge in [-0.1, -0.05) is 27.7 Å². The number of aliphatic hydroxyl groups excluding tert-OH is 8. The van der Waals surface area contributed by atoms with Crippen molar-refractivity contribution < 1.29 is 78.7 Å². The van der Waals surface area contributed by atoms with Crippen LogP contribution in [0.5, 0.6) is 0 Å². The summed E-state index contributed by atoms with van der Waals surface area (Å²) >= 11 is 0. The fourth-order valence-corrected chi connectivity index (χ4v) is 14.6. The maximum absolute atomic E-state index is 11.5. The van der Waals surface area contributed by atoms with Gasteiger partial charge in [0.15, 0.2) is 24.7 Å². The van der Waals surface area contributed by atoms with Crippen molar-refractivity contribution in [3.63, 3.8) is 0 Å². The van der Waals surface area contributed by atoms with Gasteiger partial charge >= 0.3 is 0 Å². The molecule has 0 bridgehead atoms. The number of hydrogen-bond acceptors (Lipinski definition) is 16. The fourth-order valence-electron chi connectivity index (χ4n) is 14.6. The molecule has 16 nitrogen and oxygen atoms in total. The van der Waals surface area contributed by atoms with Gasteiger partial charge in [-0.05, 0) is 111 Å². The second kappa shape index (κ2) is 17.2. The predicted octanol–water partition coefficient (Wildman–Crippen LogP) is 1.32. The molecule has 4 aliphatic carbocycles. The quantitative estimate of drug-likeness (QED) is 0.161. The average Bonchev–Trinajstić information content (AvgIpc) is 3.69. The van der Waals surface area contributed by atoms with Crippen molar-refractivity contribution in [3.8, 4) is 0 Å². The van der Waals surface area contributed by atoms with E-state index in [-0.39, 0.29) is 29.5 Å². The molecule has 26 atom stereocenters.